The van der Waals surface area contributed by atoms with E-state index < -0.39 is 44.1 Å². The summed E-state index contributed by atoms with van der Waals surface area (Å²) in [5.74, 6) is 0. The first-order valence-electron chi connectivity index (χ1n) is 8.99. The second-order valence-electron chi connectivity index (χ2n) is 8.23. The van der Waals surface area contributed by atoms with Gasteiger partial charge in [-0.1, -0.05) is 26.8 Å². The minimum absolute atomic E-state index is 0.0184. The predicted molar refractivity (Wildman–Crippen MR) is 104 cm³/mol. The maximum absolute atomic E-state index is 12.2. The minimum Gasteiger partial charge on any atom is -0.414 e. The molecule has 0 bridgehead atoms. The molecule has 4 atom stereocenters. The van der Waals surface area contributed by atoms with E-state index >= 15 is 0 Å². The van der Waals surface area contributed by atoms with Gasteiger partial charge in [0, 0.05) is 12.3 Å². The van der Waals surface area contributed by atoms with E-state index in [1.807, 2.05) is 0 Å². The van der Waals surface area contributed by atoms with Crippen molar-refractivity contribution in [2.45, 2.75) is 63.4 Å². The molecule has 0 radical (unpaired) electrons. The summed E-state index contributed by atoms with van der Waals surface area (Å²) in [5.41, 5.74) is -1.13. The van der Waals surface area contributed by atoms with Gasteiger partial charge in [-0.05, 0) is 18.1 Å². The van der Waals surface area contributed by atoms with Crippen LogP contribution in [0.1, 0.15) is 27.0 Å². The normalized spacial score (nSPS) is 26.3. The van der Waals surface area contributed by atoms with Crippen LogP contribution in [0.3, 0.4) is 0 Å². The summed E-state index contributed by atoms with van der Waals surface area (Å²) in [5, 5.41) is 10.7. The van der Waals surface area contributed by atoms with Crippen LogP contribution in [0.15, 0.2) is 34.5 Å². The summed E-state index contributed by atoms with van der Waals surface area (Å²) in [7, 11) is -2.03. The minimum atomic E-state index is -2.03. The largest absolute Gasteiger partial charge is 0.414 e. The summed E-state index contributed by atoms with van der Waals surface area (Å²) in [4.78, 5) is 25.7. The zero-order chi connectivity index (χ0) is 20.4. The van der Waals surface area contributed by atoms with Crippen molar-refractivity contribution in [3.63, 3.8) is 0 Å². The van der Waals surface area contributed by atoms with E-state index in [2.05, 4.69) is 45.4 Å². The number of hydrogen-bond donors (Lipinski definition) is 2. The van der Waals surface area contributed by atoms with Gasteiger partial charge in [0.2, 0.25) is 0 Å². The molecule has 1 fully saturated rings. The fraction of sp³-hybridized carbons (Fsp3) is 0.667. The van der Waals surface area contributed by atoms with Crippen LogP contribution in [0.4, 0.5) is 0 Å². The number of rotatable bonds is 7. The van der Waals surface area contributed by atoms with Crippen LogP contribution in [0.5, 0.6) is 0 Å². The number of aromatic amines is 1. The molecule has 0 aromatic carbocycles. The fourth-order valence-corrected chi connectivity index (χ4v) is 3.59. The first kappa shape index (κ1) is 21.8. The van der Waals surface area contributed by atoms with Crippen LogP contribution in [-0.4, -0.2) is 54.5 Å². The van der Waals surface area contributed by atoms with Crippen LogP contribution >= 0.6 is 0 Å². The van der Waals surface area contributed by atoms with Gasteiger partial charge in [0.05, 0.1) is 13.2 Å². The van der Waals surface area contributed by atoms with E-state index in [4.69, 9.17) is 13.9 Å². The average molecular weight is 399 g/mol. The van der Waals surface area contributed by atoms with Crippen molar-refractivity contribution in [1.29, 1.82) is 0 Å². The molecule has 1 aromatic rings. The van der Waals surface area contributed by atoms with Crippen molar-refractivity contribution in [3.8, 4) is 0 Å². The fourth-order valence-electron chi connectivity index (χ4n) is 2.57. The number of aliphatic hydroxyl groups is 1. The number of nitrogens with zero attached hydrogens (tertiary/aromatic N) is 1. The number of ether oxygens (including phenoxy) is 2. The summed E-state index contributed by atoms with van der Waals surface area (Å²) in [6, 6.07) is 1.22. The molecule has 1 aromatic heterocycles. The van der Waals surface area contributed by atoms with Gasteiger partial charge >= 0.3 is 5.69 Å². The molecule has 1 aliphatic heterocycles. The molecule has 152 valence electrons. The Morgan fingerprint density at radius 2 is 2.07 bits per heavy atom. The van der Waals surface area contributed by atoms with Crippen molar-refractivity contribution in [2.24, 2.45) is 0 Å². The van der Waals surface area contributed by atoms with Gasteiger partial charge in [0.15, 0.2) is 14.5 Å². The van der Waals surface area contributed by atoms with E-state index in [1.165, 1.54) is 16.8 Å². The van der Waals surface area contributed by atoms with Crippen molar-refractivity contribution in [2.75, 3.05) is 13.2 Å². The van der Waals surface area contributed by atoms with E-state index in [0.717, 1.165) is 0 Å². The molecule has 1 aliphatic rings. The highest BCUT2D eigenvalue weighted by atomic mass is 28.4. The molecule has 0 saturated carbocycles. The second kappa shape index (κ2) is 8.23. The van der Waals surface area contributed by atoms with E-state index in [0.29, 0.717) is 0 Å². The maximum atomic E-state index is 12.2. The molecular weight excluding hydrogens is 368 g/mol. The van der Waals surface area contributed by atoms with Gasteiger partial charge in [0.1, 0.15) is 18.3 Å². The molecule has 2 N–H and O–H groups in total. The smallest absolute Gasteiger partial charge is 0.330 e. The molecule has 2 rings (SSSR count). The van der Waals surface area contributed by atoms with Crippen molar-refractivity contribution >= 4 is 8.32 Å². The molecular formula is C18H30N2O6Si. The van der Waals surface area contributed by atoms with Gasteiger partial charge in [-0.3, -0.25) is 14.3 Å². The molecule has 1 saturated heterocycles. The highest BCUT2D eigenvalue weighted by Gasteiger charge is 2.47. The lowest BCUT2D eigenvalue weighted by Crippen LogP contribution is -2.44. The van der Waals surface area contributed by atoms with Crippen LogP contribution < -0.4 is 11.2 Å². The molecule has 0 spiro atoms. The summed E-state index contributed by atoms with van der Waals surface area (Å²) < 4.78 is 19.0. The summed E-state index contributed by atoms with van der Waals surface area (Å²) >= 11 is 0. The predicted octanol–water partition coefficient (Wildman–Crippen LogP) is 1.39. The lowest BCUT2D eigenvalue weighted by atomic mass is 10.1. The lowest BCUT2D eigenvalue weighted by Gasteiger charge is -2.37. The monoisotopic (exact) mass is 398 g/mol. The highest BCUT2D eigenvalue weighted by Crippen LogP contribution is 2.38. The quantitative estimate of drug-likeness (QED) is 0.531. The van der Waals surface area contributed by atoms with Crippen LogP contribution in [-0.2, 0) is 13.9 Å². The summed E-state index contributed by atoms with van der Waals surface area (Å²) in [6.07, 6.45) is -0.424. The first-order valence-corrected chi connectivity index (χ1v) is 11.9. The van der Waals surface area contributed by atoms with E-state index in [-0.39, 0.29) is 18.3 Å². The Labute approximate surface area is 159 Å². The van der Waals surface area contributed by atoms with Gasteiger partial charge in [0.25, 0.3) is 5.56 Å². The standard InChI is InChI=1S/C18H30N2O6Si/c1-7-10-24-15-14(22)12(11-25-27(5,6)18(2,3)4)26-16(15)20-9-8-13(21)19-17(20)23/h7-9,12,14-16,22H,1,10-11H2,2-6H3,(H,19,21,23)/t12-,14-,15-,16-/m1/s1. The van der Waals surface area contributed by atoms with Crippen LogP contribution in [0.25, 0.3) is 0 Å². The Bertz CT molecular complexity index is 766. The number of nitrogens with one attached hydrogen (secondary N) is 1. The first-order chi connectivity index (χ1) is 12.5. The summed E-state index contributed by atoms with van der Waals surface area (Å²) in [6.45, 7) is 14.6. The molecule has 2 heterocycles. The lowest BCUT2D eigenvalue weighted by molar-refractivity contribution is -0.0678. The molecule has 0 amide bonds. The molecule has 0 unspecified atom stereocenters. The van der Waals surface area contributed by atoms with Crippen LogP contribution in [0.2, 0.25) is 18.1 Å². The van der Waals surface area contributed by atoms with Crippen molar-refractivity contribution in [3.05, 3.63) is 45.8 Å². The Morgan fingerprint density at radius 1 is 1.41 bits per heavy atom. The Kier molecular flexibility index (Phi) is 6.64. The van der Waals surface area contributed by atoms with Crippen molar-refractivity contribution in [1.82, 2.24) is 9.55 Å². The van der Waals surface area contributed by atoms with E-state index in [1.54, 1.807) is 6.08 Å². The van der Waals surface area contributed by atoms with E-state index in [9.17, 15) is 14.7 Å². The Balaban J connectivity index is 2.23. The van der Waals surface area contributed by atoms with Gasteiger partial charge in [-0.25, -0.2) is 4.79 Å². The Morgan fingerprint density at radius 3 is 2.63 bits per heavy atom. The zero-order valence-corrected chi connectivity index (χ0v) is 17.6. The highest BCUT2D eigenvalue weighted by molar-refractivity contribution is 6.74. The molecule has 0 aliphatic carbocycles. The average Bonchev–Trinajstić information content (AvgIpc) is 2.86. The Hall–Kier alpha value is -1.52. The maximum Gasteiger partial charge on any atom is 0.330 e. The topological polar surface area (TPSA) is 103 Å². The second-order valence-corrected chi connectivity index (χ2v) is 13.0. The number of H-pyrrole nitrogens is 1. The molecule has 8 nitrogen and oxygen atoms in total. The van der Waals surface area contributed by atoms with Gasteiger partial charge < -0.3 is 19.0 Å². The zero-order valence-electron chi connectivity index (χ0n) is 16.6. The number of aromatic nitrogens is 2. The third kappa shape index (κ3) is 4.85. The van der Waals surface area contributed by atoms with Gasteiger partial charge in [-0.15, -0.1) is 6.58 Å². The number of hydrogen-bond acceptors (Lipinski definition) is 6. The SMILES string of the molecule is C=CCO[C@@H]1[C@H](O)[C@@H](CO[Si](C)(C)C(C)(C)C)O[C@H]1n1ccc(=O)[nH]c1=O. The third-order valence-corrected chi connectivity index (χ3v) is 9.76. The van der Waals surface area contributed by atoms with Crippen LogP contribution in [0, 0.1) is 0 Å². The van der Waals surface area contributed by atoms with Crippen molar-refractivity contribution < 1.29 is 19.0 Å². The molecule has 27 heavy (non-hydrogen) atoms. The van der Waals surface area contributed by atoms with Gasteiger partial charge in [-0.2, -0.15) is 0 Å². The molecule has 9 heteroatoms. The number of aliphatic hydroxyl groups excluding tert-OH is 1. The third-order valence-electron chi connectivity index (χ3n) is 5.26.